The zero-order valence-corrected chi connectivity index (χ0v) is 9.97. The molecule has 16 heavy (non-hydrogen) atoms. The van der Waals surface area contributed by atoms with E-state index in [-0.39, 0.29) is 5.91 Å². The molecule has 1 heterocycles. The molecule has 0 saturated carbocycles. The van der Waals surface area contributed by atoms with E-state index in [9.17, 15) is 4.79 Å². The van der Waals surface area contributed by atoms with E-state index in [0.717, 1.165) is 16.8 Å². The van der Waals surface area contributed by atoms with Gasteiger partial charge in [0.1, 0.15) is 5.69 Å². The third-order valence-corrected chi connectivity index (χ3v) is 2.73. The molecule has 1 N–H and O–H groups in total. The van der Waals surface area contributed by atoms with Crippen LogP contribution >= 0.6 is 11.3 Å². The molecule has 0 unspecified atom stereocenters. The van der Waals surface area contributed by atoms with Crippen LogP contribution in [0.25, 0.3) is 0 Å². The largest absolute Gasteiger partial charge is 0.321 e. The lowest BCUT2D eigenvalue weighted by atomic mass is 10.1. The highest BCUT2D eigenvalue weighted by molar-refractivity contribution is 7.07. The molecule has 0 aliphatic rings. The first-order valence-electron chi connectivity index (χ1n) is 4.93. The zero-order valence-electron chi connectivity index (χ0n) is 9.15. The van der Waals surface area contributed by atoms with Crippen LogP contribution < -0.4 is 5.32 Å². The van der Waals surface area contributed by atoms with Crippen molar-refractivity contribution in [1.82, 2.24) is 4.98 Å². The van der Waals surface area contributed by atoms with Crippen molar-refractivity contribution in [3.63, 3.8) is 0 Å². The third kappa shape index (κ3) is 2.46. The number of nitrogens with one attached hydrogen (secondary N) is 1. The Morgan fingerprint density at radius 2 is 1.94 bits per heavy atom. The number of nitrogens with zero attached hydrogens (tertiary/aromatic N) is 1. The van der Waals surface area contributed by atoms with Gasteiger partial charge in [-0.3, -0.25) is 4.79 Å². The van der Waals surface area contributed by atoms with E-state index in [2.05, 4.69) is 16.4 Å². The molecule has 2 rings (SSSR count). The van der Waals surface area contributed by atoms with E-state index < -0.39 is 0 Å². The SMILES string of the molecule is Cc1cc(C)cc(NC(=O)c2cscn2)c1. The molecule has 4 heteroatoms. The Morgan fingerprint density at radius 3 is 2.50 bits per heavy atom. The average molecular weight is 232 g/mol. The van der Waals surface area contributed by atoms with Gasteiger partial charge < -0.3 is 5.32 Å². The van der Waals surface area contributed by atoms with Gasteiger partial charge in [0, 0.05) is 11.1 Å². The molecule has 0 spiro atoms. The number of amides is 1. The lowest BCUT2D eigenvalue weighted by Gasteiger charge is -2.05. The van der Waals surface area contributed by atoms with Gasteiger partial charge in [0.05, 0.1) is 5.51 Å². The molecule has 1 amide bonds. The zero-order chi connectivity index (χ0) is 11.5. The number of aromatic nitrogens is 1. The fourth-order valence-corrected chi connectivity index (χ4v) is 2.10. The normalized spacial score (nSPS) is 10.1. The Labute approximate surface area is 98.2 Å². The summed E-state index contributed by atoms with van der Waals surface area (Å²) in [5.41, 5.74) is 5.19. The second-order valence-electron chi connectivity index (χ2n) is 3.70. The Kier molecular flexibility index (Phi) is 3.01. The van der Waals surface area contributed by atoms with Crippen LogP contribution in [0.15, 0.2) is 29.1 Å². The summed E-state index contributed by atoms with van der Waals surface area (Å²) in [4.78, 5) is 15.7. The van der Waals surface area contributed by atoms with E-state index in [1.807, 2.05) is 26.0 Å². The van der Waals surface area contributed by atoms with Crippen molar-refractivity contribution in [3.05, 3.63) is 45.9 Å². The van der Waals surface area contributed by atoms with Crippen LogP contribution in [0, 0.1) is 13.8 Å². The number of carbonyl (C=O) groups is 1. The van der Waals surface area contributed by atoms with E-state index in [1.165, 1.54) is 11.3 Å². The molecule has 0 aliphatic heterocycles. The van der Waals surface area contributed by atoms with Crippen LogP contribution in [0.3, 0.4) is 0 Å². The maximum absolute atomic E-state index is 11.7. The van der Waals surface area contributed by atoms with Crippen LogP contribution in [-0.4, -0.2) is 10.9 Å². The predicted octanol–water partition coefficient (Wildman–Crippen LogP) is 3.01. The first kappa shape index (κ1) is 10.8. The maximum atomic E-state index is 11.7. The highest BCUT2D eigenvalue weighted by Crippen LogP contribution is 2.14. The van der Waals surface area contributed by atoms with Crippen LogP contribution in [0.4, 0.5) is 5.69 Å². The first-order valence-corrected chi connectivity index (χ1v) is 5.87. The summed E-state index contributed by atoms with van der Waals surface area (Å²) in [6.45, 7) is 4.01. The molecule has 1 aromatic heterocycles. The van der Waals surface area contributed by atoms with Gasteiger partial charge in [-0.05, 0) is 37.1 Å². The Morgan fingerprint density at radius 1 is 1.25 bits per heavy atom. The summed E-state index contributed by atoms with van der Waals surface area (Å²) in [5.74, 6) is -0.161. The van der Waals surface area contributed by atoms with Crippen molar-refractivity contribution >= 4 is 22.9 Å². The van der Waals surface area contributed by atoms with Gasteiger partial charge in [-0.15, -0.1) is 11.3 Å². The van der Waals surface area contributed by atoms with Crippen LogP contribution in [0.5, 0.6) is 0 Å². The smallest absolute Gasteiger partial charge is 0.275 e. The summed E-state index contributed by atoms with van der Waals surface area (Å²) in [7, 11) is 0. The second kappa shape index (κ2) is 4.45. The number of anilines is 1. The van der Waals surface area contributed by atoms with Gasteiger partial charge in [0.25, 0.3) is 5.91 Å². The number of carbonyl (C=O) groups excluding carboxylic acids is 1. The summed E-state index contributed by atoms with van der Waals surface area (Å²) in [6, 6.07) is 5.95. The number of hydrogen-bond donors (Lipinski definition) is 1. The first-order chi connectivity index (χ1) is 7.65. The van der Waals surface area contributed by atoms with Gasteiger partial charge in [-0.2, -0.15) is 0 Å². The number of rotatable bonds is 2. The number of thiazole rings is 1. The van der Waals surface area contributed by atoms with Gasteiger partial charge >= 0.3 is 0 Å². The van der Waals surface area contributed by atoms with Crippen molar-refractivity contribution in [2.45, 2.75) is 13.8 Å². The molecule has 0 saturated heterocycles. The van der Waals surface area contributed by atoms with Crippen molar-refractivity contribution in [3.8, 4) is 0 Å². The molecule has 2 aromatic rings. The minimum Gasteiger partial charge on any atom is -0.321 e. The molecule has 3 nitrogen and oxygen atoms in total. The molecule has 0 bridgehead atoms. The van der Waals surface area contributed by atoms with Crippen LogP contribution in [-0.2, 0) is 0 Å². The van der Waals surface area contributed by atoms with E-state index >= 15 is 0 Å². The fraction of sp³-hybridized carbons (Fsp3) is 0.167. The van der Waals surface area contributed by atoms with Gasteiger partial charge in [-0.1, -0.05) is 6.07 Å². The number of hydrogen-bond acceptors (Lipinski definition) is 3. The highest BCUT2D eigenvalue weighted by Gasteiger charge is 2.07. The molecular weight excluding hydrogens is 220 g/mol. The van der Waals surface area contributed by atoms with Crippen molar-refractivity contribution in [2.24, 2.45) is 0 Å². The average Bonchev–Trinajstić information content (AvgIpc) is 2.68. The second-order valence-corrected chi connectivity index (χ2v) is 4.42. The fourth-order valence-electron chi connectivity index (χ4n) is 1.57. The summed E-state index contributed by atoms with van der Waals surface area (Å²) in [6.07, 6.45) is 0. The monoisotopic (exact) mass is 232 g/mol. The minimum atomic E-state index is -0.161. The lowest BCUT2D eigenvalue weighted by Crippen LogP contribution is -2.12. The third-order valence-electron chi connectivity index (χ3n) is 2.14. The lowest BCUT2D eigenvalue weighted by molar-refractivity contribution is 0.102. The van der Waals surface area contributed by atoms with Gasteiger partial charge in [0.15, 0.2) is 0 Å². The number of aryl methyl sites for hydroxylation is 2. The summed E-state index contributed by atoms with van der Waals surface area (Å²) in [5, 5.41) is 4.57. The molecule has 0 radical (unpaired) electrons. The van der Waals surface area contributed by atoms with Gasteiger partial charge in [-0.25, -0.2) is 4.98 Å². The van der Waals surface area contributed by atoms with Crippen molar-refractivity contribution in [1.29, 1.82) is 0 Å². The molecule has 1 aromatic carbocycles. The van der Waals surface area contributed by atoms with E-state index in [1.54, 1.807) is 10.9 Å². The quantitative estimate of drug-likeness (QED) is 0.864. The Bertz CT molecular complexity index is 485. The topological polar surface area (TPSA) is 42.0 Å². The van der Waals surface area contributed by atoms with Crippen LogP contribution in [0.1, 0.15) is 21.6 Å². The van der Waals surface area contributed by atoms with E-state index in [4.69, 9.17) is 0 Å². The molecular formula is C12H12N2OS. The summed E-state index contributed by atoms with van der Waals surface area (Å²) >= 11 is 1.41. The number of benzene rings is 1. The Balaban J connectivity index is 2.18. The molecule has 0 atom stereocenters. The van der Waals surface area contributed by atoms with E-state index in [0.29, 0.717) is 5.69 Å². The minimum absolute atomic E-state index is 0.161. The van der Waals surface area contributed by atoms with Crippen molar-refractivity contribution < 1.29 is 4.79 Å². The Hall–Kier alpha value is -1.68. The van der Waals surface area contributed by atoms with Crippen LogP contribution in [0.2, 0.25) is 0 Å². The predicted molar refractivity (Wildman–Crippen MR) is 66.0 cm³/mol. The maximum Gasteiger partial charge on any atom is 0.275 e. The summed E-state index contributed by atoms with van der Waals surface area (Å²) < 4.78 is 0. The molecule has 82 valence electrons. The molecule has 0 aliphatic carbocycles. The van der Waals surface area contributed by atoms with Gasteiger partial charge in [0.2, 0.25) is 0 Å². The standard InChI is InChI=1S/C12H12N2OS/c1-8-3-9(2)5-10(4-8)14-12(15)11-6-16-7-13-11/h3-7H,1-2H3,(H,14,15). The molecule has 0 fully saturated rings. The highest BCUT2D eigenvalue weighted by atomic mass is 32.1. The van der Waals surface area contributed by atoms with Crippen molar-refractivity contribution in [2.75, 3.05) is 5.32 Å².